The van der Waals surface area contributed by atoms with E-state index in [1.807, 2.05) is 42.8 Å². The molecule has 0 spiro atoms. The van der Waals surface area contributed by atoms with Crippen LogP contribution in [0.2, 0.25) is 0 Å². The second-order valence-electron chi connectivity index (χ2n) is 11.4. The molecule has 16 heteroatoms. The molecule has 2 atom stereocenters. The molecule has 254 valence electrons. The Morgan fingerprint density at radius 3 is 1.98 bits per heavy atom. The van der Waals surface area contributed by atoms with Crippen LogP contribution in [0.1, 0.15) is 37.8 Å². The van der Waals surface area contributed by atoms with E-state index in [0.717, 1.165) is 33.9 Å². The van der Waals surface area contributed by atoms with Gasteiger partial charge in [-0.1, -0.05) is 18.2 Å². The molecule has 2 amide bonds. The van der Waals surface area contributed by atoms with Crippen molar-refractivity contribution in [1.82, 2.24) is 19.7 Å². The summed E-state index contributed by atoms with van der Waals surface area (Å²) in [5.74, 6) is 0.0772. The van der Waals surface area contributed by atoms with E-state index in [4.69, 9.17) is 20.9 Å². The molecule has 0 unspecified atom stereocenters. The van der Waals surface area contributed by atoms with Crippen LogP contribution >= 0.6 is 11.3 Å². The zero-order chi connectivity index (χ0) is 34.7. The standard InChI is InChI=1S/C18H18N4O2S.C15H13F3N4O2/c1-22-15(17-3-2-6-25-17)9-14(21-22)18(23)20-13-5-4-11-7-12(19)10-24-16(11)8-13;16-15(17,18)9-5-20-13(21-6-9)14(23)22-11-2-1-8-3-10(19)7-24-12(8)4-11/h2-6,8-9,12H,7,10,19H2,1H3,(H,20,23);1-2,4-6,10H,3,7,19H2,(H,22,23)/t12-;10-/m11/s1. The largest absolute Gasteiger partial charge is 0.492 e. The van der Waals surface area contributed by atoms with Crippen LogP contribution < -0.4 is 31.6 Å². The Morgan fingerprint density at radius 2 is 1.45 bits per heavy atom. The van der Waals surface area contributed by atoms with E-state index in [0.29, 0.717) is 54.8 Å². The molecule has 0 aliphatic carbocycles. The lowest BCUT2D eigenvalue weighted by molar-refractivity contribution is -0.138. The number of alkyl halides is 3. The molecule has 2 aromatic carbocycles. The van der Waals surface area contributed by atoms with Crippen LogP contribution in [0.3, 0.4) is 0 Å². The van der Waals surface area contributed by atoms with Gasteiger partial charge < -0.3 is 31.6 Å². The van der Waals surface area contributed by atoms with E-state index in [1.54, 1.807) is 40.3 Å². The Balaban J connectivity index is 0.000000170. The Labute approximate surface area is 282 Å². The highest BCUT2D eigenvalue weighted by atomic mass is 32.1. The number of aromatic nitrogens is 4. The predicted octanol–water partition coefficient (Wildman–Crippen LogP) is 4.67. The third-order valence-corrected chi connectivity index (χ3v) is 8.48. The van der Waals surface area contributed by atoms with Crippen molar-refractivity contribution < 1.29 is 32.2 Å². The maximum atomic E-state index is 12.5. The summed E-state index contributed by atoms with van der Waals surface area (Å²) in [5.41, 5.74) is 15.1. The molecule has 5 aromatic rings. The summed E-state index contributed by atoms with van der Waals surface area (Å²) in [7, 11) is 1.84. The molecule has 2 aliphatic rings. The number of ether oxygens (including phenoxy) is 2. The number of nitrogens with two attached hydrogens (primary N) is 2. The van der Waals surface area contributed by atoms with Crippen LogP contribution in [-0.2, 0) is 26.1 Å². The van der Waals surface area contributed by atoms with Gasteiger partial charge in [0.05, 0.1) is 16.1 Å². The summed E-state index contributed by atoms with van der Waals surface area (Å²) < 4.78 is 50.2. The molecule has 0 saturated carbocycles. The Bertz CT molecular complexity index is 1970. The van der Waals surface area contributed by atoms with Gasteiger partial charge in [-0.25, -0.2) is 9.97 Å². The minimum atomic E-state index is -4.55. The van der Waals surface area contributed by atoms with Gasteiger partial charge in [-0.2, -0.15) is 18.3 Å². The van der Waals surface area contributed by atoms with E-state index >= 15 is 0 Å². The number of nitrogens with one attached hydrogen (secondary N) is 2. The first-order valence-corrected chi connectivity index (χ1v) is 15.9. The van der Waals surface area contributed by atoms with E-state index in [-0.39, 0.29) is 23.8 Å². The molecule has 0 saturated heterocycles. The van der Waals surface area contributed by atoms with Gasteiger partial charge in [0.25, 0.3) is 11.8 Å². The fourth-order valence-electron chi connectivity index (χ4n) is 5.15. The minimum Gasteiger partial charge on any atom is -0.492 e. The fourth-order valence-corrected chi connectivity index (χ4v) is 5.93. The quantitative estimate of drug-likeness (QED) is 0.204. The molecule has 0 radical (unpaired) electrons. The second kappa shape index (κ2) is 14.0. The van der Waals surface area contributed by atoms with Crippen molar-refractivity contribution in [1.29, 1.82) is 0 Å². The lowest BCUT2D eigenvalue weighted by Gasteiger charge is -2.22. The van der Waals surface area contributed by atoms with Crippen LogP contribution in [0, 0.1) is 0 Å². The van der Waals surface area contributed by atoms with E-state index in [2.05, 4.69) is 25.7 Å². The lowest BCUT2D eigenvalue weighted by atomic mass is 10.0. The van der Waals surface area contributed by atoms with E-state index in [9.17, 15) is 22.8 Å². The van der Waals surface area contributed by atoms with Crippen molar-refractivity contribution >= 4 is 34.5 Å². The first-order chi connectivity index (χ1) is 23.4. The van der Waals surface area contributed by atoms with Gasteiger partial charge in [0.15, 0.2) is 5.69 Å². The number of aryl methyl sites for hydroxylation is 1. The molecule has 3 aromatic heterocycles. The summed E-state index contributed by atoms with van der Waals surface area (Å²) in [6.45, 7) is 0.876. The van der Waals surface area contributed by atoms with E-state index < -0.39 is 17.6 Å². The van der Waals surface area contributed by atoms with Crippen LogP contribution in [-0.4, -0.2) is 56.9 Å². The number of halogens is 3. The highest BCUT2D eigenvalue weighted by Gasteiger charge is 2.31. The summed E-state index contributed by atoms with van der Waals surface area (Å²) in [6.07, 6.45) is -1.95. The topological polar surface area (TPSA) is 172 Å². The molecule has 0 fully saturated rings. The Hall–Kier alpha value is -5.32. The van der Waals surface area contributed by atoms with Gasteiger partial charge in [0, 0.05) is 55.0 Å². The number of nitrogens with zero attached hydrogens (tertiary/aromatic N) is 4. The van der Waals surface area contributed by atoms with Gasteiger partial charge in [-0.05, 0) is 53.6 Å². The summed E-state index contributed by atoms with van der Waals surface area (Å²) >= 11 is 1.62. The van der Waals surface area contributed by atoms with Crippen LogP contribution in [0.15, 0.2) is 72.4 Å². The van der Waals surface area contributed by atoms with Gasteiger partial charge in [-0.15, -0.1) is 11.3 Å². The van der Waals surface area contributed by atoms with Gasteiger partial charge in [-0.3, -0.25) is 14.3 Å². The normalized spacial score (nSPS) is 16.5. The fraction of sp³-hybridized carbons (Fsp3) is 0.242. The molecular formula is C33H31F3N8O4S. The maximum absolute atomic E-state index is 12.5. The summed E-state index contributed by atoms with van der Waals surface area (Å²) in [6, 6.07) is 16.4. The van der Waals surface area contributed by atoms with Gasteiger partial charge in [0.1, 0.15) is 24.7 Å². The highest BCUT2D eigenvalue weighted by molar-refractivity contribution is 7.13. The number of hydrogen-bond acceptors (Lipinski definition) is 10. The monoisotopic (exact) mass is 692 g/mol. The number of amides is 2. The molecule has 49 heavy (non-hydrogen) atoms. The number of thiophene rings is 1. The number of hydrogen-bond donors (Lipinski definition) is 4. The number of carbonyl (C=O) groups excluding carboxylic acids is 2. The summed E-state index contributed by atoms with van der Waals surface area (Å²) in [5, 5.41) is 11.7. The average molecular weight is 693 g/mol. The molecule has 7 rings (SSSR count). The van der Waals surface area contributed by atoms with Crippen molar-refractivity contribution in [2.24, 2.45) is 18.5 Å². The number of anilines is 2. The van der Waals surface area contributed by atoms with Crippen LogP contribution in [0.5, 0.6) is 11.5 Å². The molecule has 0 bridgehead atoms. The number of benzene rings is 2. The highest BCUT2D eigenvalue weighted by Crippen LogP contribution is 2.31. The molecule has 12 nitrogen and oxygen atoms in total. The van der Waals surface area contributed by atoms with E-state index in [1.165, 1.54) is 0 Å². The maximum Gasteiger partial charge on any atom is 0.419 e. The van der Waals surface area contributed by atoms with Crippen molar-refractivity contribution in [2.75, 3.05) is 23.8 Å². The van der Waals surface area contributed by atoms with Crippen molar-refractivity contribution in [3.8, 4) is 22.1 Å². The Morgan fingerprint density at radius 1 is 0.878 bits per heavy atom. The molecule has 5 heterocycles. The third kappa shape index (κ3) is 8.05. The third-order valence-electron chi connectivity index (χ3n) is 7.59. The average Bonchev–Trinajstić information content (AvgIpc) is 3.75. The minimum absolute atomic E-state index is 0.0251. The van der Waals surface area contributed by atoms with Gasteiger partial charge >= 0.3 is 6.18 Å². The number of carbonyl (C=O) groups is 2. The number of rotatable bonds is 5. The van der Waals surface area contributed by atoms with Crippen molar-refractivity contribution in [2.45, 2.75) is 31.1 Å². The zero-order valence-electron chi connectivity index (χ0n) is 26.0. The first kappa shape index (κ1) is 33.6. The Kier molecular flexibility index (Phi) is 9.62. The predicted molar refractivity (Wildman–Crippen MR) is 177 cm³/mol. The smallest absolute Gasteiger partial charge is 0.419 e. The molecular weight excluding hydrogens is 661 g/mol. The van der Waals surface area contributed by atoms with Crippen molar-refractivity contribution in [3.05, 3.63) is 101 Å². The SMILES string of the molecule is Cn1nc(C(=O)Nc2ccc3c(c2)OC[C@H](N)C3)cc1-c1cccs1.N[C@H]1COc2cc(NC(=O)c3ncc(C(F)(F)F)cn3)ccc2C1. The van der Waals surface area contributed by atoms with Crippen molar-refractivity contribution in [3.63, 3.8) is 0 Å². The van der Waals surface area contributed by atoms with Crippen LogP contribution in [0.4, 0.5) is 24.5 Å². The molecule has 2 aliphatic heterocycles. The zero-order valence-corrected chi connectivity index (χ0v) is 26.8. The summed E-state index contributed by atoms with van der Waals surface area (Å²) in [4.78, 5) is 32.5. The van der Waals surface area contributed by atoms with Crippen LogP contribution in [0.25, 0.3) is 10.6 Å². The molecule has 6 N–H and O–H groups in total. The first-order valence-electron chi connectivity index (χ1n) is 15.1. The lowest BCUT2D eigenvalue weighted by Crippen LogP contribution is -2.33. The van der Waals surface area contributed by atoms with Gasteiger partial charge in [0.2, 0.25) is 5.82 Å². The second-order valence-corrected chi connectivity index (χ2v) is 12.4. The number of fused-ring (bicyclic) bond motifs is 2.